The van der Waals surface area contributed by atoms with Crippen molar-refractivity contribution in [1.82, 2.24) is 10.2 Å². The van der Waals surface area contributed by atoms with Crippen LogP contribution in [0.3, 0.4) is 0 Å². The van der Waals surface area contributed by atoms with Gasteiger partial charge in [-0.3, -0.25) is 4.79 Å². The number of amides is 1. The number of nitrogens with zero attached hydrogens (tertiary/aromatic N) is 1. The first-order valence-corrected chi connectivity index (χ1v) is 11.0. The molecule has 1 amide bonds. The number of fused-ring (bicyclic) bond motifs is 1. The van der Waals surface area contributed by atoms with Gasteiger partial charge in [-0.25, -0.2) is 0 Å². The number of ether oxygens (including phenoxy) is 1. The smallest absolute Gasteiger partial charge is 0.293 e. The van der Waals surface area contributed by atoms with Crippen molar-refractivity contribution in [3.05, 3.63) is 76.1 Å². The van der Waals surface area contributed by atoms with Gasteiger partial charge in [0, 0.05) is 49.5 Å². The van der Waals surface area contributed by atoms with E-state index in [-0.39, 0.29) is 17.8 Å². The Morgan fingerprint density at radius 1 is 1.16 bits per heavy atom. The summed E-state index contributed by atoms with van der Waals surface area (Å²) in [6.07, 6.45) is 3.61. The number of allylic oxidation sites excluding steroid dienone is 1. The minimum absolute atomic E-state index is 0.118. The van der Waals surface area contributed by atoms with Crippen LogP contribution < -0.4 is 10.6 Å². The Morgan fingerprint density at radius 2 is 1.94 bits per heavy atom. The molecule has 2 aliphatic rings. The molecule has 0 saturated carbocycles. The van der Waals surface area contributed by atoms with E-state index in [2.05, 4.69) is 28.8 Å². The number of hydrogen-bond donors (Lipinski definition) is 3. The van der Waals surface area contributed by atoms with E-state index in [1.165, 1.54) is 17.3 Å². The number of nitrogens with one attached hydrogen (secondary N) is 3. The van der Waals surface area contributed by atoms with E-state index in [0.717, 1.165) is 45.4 Å². The van der Waals surface area contributed by atoms with Gasteiger partial charge >= 0.3 is 0 Å². The van der Waals surface area contributed by atoms with Gasteiger partial charge in [0.1, 0.15) is 11.8 Å². The van der Waals surface area contributed by atoms with Crippen LogP contribution in [0, 0.1) is 5.41 Å². The number of carbonyl (C=O) groups excluding carboxylic acids is 1. The molecule has 1 unspecified atom stereocenters. The maximum atomic E-state index is 13.3. The molecule has 0 bridgehead atoms. The van der Waals surface area contributed by atoms with Gasteiger partial charge in [-0.1, -0.05) is 41.9 Å². The zero-order chi connectivity index (χ0) is 21.6. The highest BCUT2D eigenvalue weighted by molar-refractivity contribution is 6.31. The molecule has 7 heteroatoms. The van der Waals surface area contributed by atoms with E-state index < -0.39 is 0 Å². The summed E-state index contributed by atoms with van der Waals surface area (Å²) in [6.45, 7) is 3.04. The lowest BCUT2D eigenvalue weighted by molar-refractivity contribution is -0.117. The molecule has 4 rings (SSSR count). The van der Waals surface area contributed by atoms with E-state index in [0.29, 0.717) is 16.4 Å². The molecule has 0 radical (unpaired) electrons. The van der Waals surface area contributed by atoms with Gasteiger partial charge < -0.3 is 25.7 Å². The van der Waals surface area contributed by atoms with Crippen LogP contribution in [0.5, 0.6) is 0 Å². The molecule has 162 valence electrons. The maximum Gasteiger partial charge on any atom is 0.293 e. The standard InChI is InChI=1S/C24H27ClN4O2/c25-19-6-3-7-20(15-19)28-24(30)23(22(16-26)29-12-10-27-11-13-29)31-21-9-8-17-4-1-2-5-18(17)14-21/h1-7,15-16,21,26-27H,8-14H2,(H,28,30)/b23-22-,26-16?. The van der Waals surface area contributed by atoms with Crippen LogP contribution in [-0.2, 0) is 22.4 Å². The Balaban J connectivity index is 1.61. The maximum absolute atomic E-state index is 13.3. The molecule has 0 spiro atoms. The molecular weight excluding hydrogens is 412 g/mol. The van der Waals surface area contributed by atoms with Gasteiger partial charge in [-0.2, -0.15) is 0 Å². The summed E-state index contributed by atoms with van der Waals surface area (Å²) in [6, 6.07) is 15.4. The van der Waals surface area contributed by atoms with Crippen LogP contribution in [0.1, 0.15) is 17.5 Å². The molecule has 0 aromatic heterocycles. The second kappa shape index (κ2) is 9.98. The second-order valence-electron chi connectivity index (χ2n) is 7.81. The molecule has 6 nitrogen and oxygen atoms in total. The number of carbonyl (C=O) groups is 1. The number of piperazine rings is 1. The van der Waals surface area contributed by atoms with Gasteiger partial charge in [0.15, 0.2) is 0 Å². The van der Waals surface area contributed by atoms with Crippen molar-refractivity contribution in [2.75, 3.05) is 31.5 Å². The lowest BCUT2D eigenvalue weighted by atomic mass is 9.90. The summed E-state index contributed by atoms with van der Waals surface area (Å²) in [7, 11) is 0. The second-order valence-corrected chi connectivity index (χ2v) is 8.25. The highest BCUT2D eigenvalue weighted by Crippen LogP contribution is 2.26. The third-order valence-corrected chi connectivity index (χ3v) is 5.94. The fourth-order valence-electron chi connectivity index (χ4n) is 4.12. The first-order chi connectivity index (χ1) is 15.1. The first kappa shape index (κ1) is 21.4. The third kappa shape index (κ3) is 5.27. The van der Waals surface area contributed by atoms with E-state index in [9.17, 15) is 4.79 Å². The average Bonchev–Trinajstić information content (AvgIpc) is 2.79. The number of aryl methyl sites for hydroxylation is 1. The predicted molar refractivity (Wildman–Crippen MR) is 124 cm³/mol. The monoisotopic (exact) mass is 438 g/mol. The predicted octanol–water partition coefficient (Wildman–Crippen LogP) is 3.62. The topological polar surface area (TPSA) is 77.5 Å². The zero-order valence-electron chi connectivity index (χ0n) is 17.4. The molecular formula is C24H27ClN4O2. The molecule has 1 atom stereocenters. The number of halogens is 1. The molecule has 3 N–H and O–H groups in total. The Kier molecular flexibility index (Phi) is 6.89. The lowest BCUT2D eigenvalue weighted by Gasteiger charge is -2.32. The van der Waals surface area contributed by atoms with Crippen molar-refractivity contribution in [2.24, 2.45) is 0 Å². The van der Waals surface area contributed by atoms with E-state index in [4.69, 9.17) is 21.7 Å². The van der Waals surface area contributed by atoms with Crippen molar-refractivity contribution >= 4 is 29.4 Å². The van der Waals surface area contributed by atoms with Crippen LogP contribution in [-0.4, -0.2) is 49.3 Å². The molecule has 31 heavy (non-hydrogen) atoms. The van der Waals surface area contributed by atoms with Crippen molar-refractivity contribution in [1.29, 1.82) is 5.41 Å². The molecule has 1 heterocycles. The van der Waals surface area contributed by atoms with E-state index in [1.807, 2.05) is 11.0 Å². The van der Waals surface area contributed by atoms with Gasteiger partial charge in [0.25, 0.3) is 5.91 Å². The lowest BCUT2D eigenvalue weighted by Crippen LogP contribution is -2.44. The summed E-state index contributed by atoms with van der Waals surface area (Å²) < 4.78 is 6.34. The normalized spacial score (nSPS) is 19.1. The average molecular weight is 439 g/mol. The minimum Gasteiger partial charge on any atom is -0.483 e. The van der Waals surface area contributed by atoms with Gasteiger partial charge in [0.2, 0.25) is 5.76 Å². The Hall–Kier alpha value is -2.83. The Bertz CT molecular complexity index is 985. The van der Waals surface area contributed by atoms with Gasteiger partial charge in [-0.15, -0.1) is 0 Å². The summed E-state index contributed by atoms with van der Waals surface area (Å²) in [5.74, 6) is -0.167. The van der Waals surface area contributed by atoms with Crippen LogP contribution in [0.15, 0.2) is 60.0 Å². The van der Waals surface area contributed by atoms with Crippen molar-refractivity contribution in [3.63, 3.8) is 0 Å². The van der Waals surface area contributed by atoms with E-state index >= 15 is 0 Å². The number of benzene rings is 2. The third-order valence-electron chi connectivity index (χ3n) is 5.70. The highest BCUT2D eigenvalue weighted by Gasteiger charge is 2.27. The quantitative estimate of drug-likeness (QED) is 0.365. The summed E-state index contributed by atoms with van der Waals surface area (Å²) in [4.78, 5) is 15.3. The molecule has 1 fully saturated rings. The number of rotatable bonds is 6. The number of anilines is 1. The van der Waals surface area contributed by atoms with Crippen LogP contribution in [0.2, 0.25) is 5.02 Å². The van der Waals surface area contributed by atoms with Crippen molar-refractivity contribution < 1.29 is 9.53 Å². The summed E-state index contributed by atoms with van der Waals surface area (Å²) in [5.41, 5.74) is 3.70. The first-order valence-electron chi connectivity index (χ1n) is 10.6. The molecule has 1 aliphatic heterocycles. The van der Waals surface area contributed by atoms with E-state index in [1.54, 1.807) is 24.3 Å². The number of hydrogen-bond acceptors (Lipinski definition) is 5. The fourth-order valence-corrected chi connectivity index (χ4v) is 4.31. The highest BCUT2D eigenvalue weighted by atomic mass is 35.5. The summed E-state index contributed by atoms with van der Waals surface area (Å²) >= 11 is 6.08. The van der Waals surface area contributed by atoms with Crippen molar-refractivity contribution in [2.45, 2.75) is 25.4 Å². The Labute approximate surface area is 187 Å². The van der Waals surface area contributed by atoms with Crippen LogP contribution >= 0.6 is 11.6 Å². The SMILES string of the molecule is N=C/C(=C(/OC1CCc2ccccc2C1)C(=O)Nc1cccc(Cl)c1)N1CCNCC1. The van der Waals surface area contributed by atoms with Crippen molar-refractivity contribution in [3.8, 4) is 0 Å². The minimum atomic E-state index is -0.363. The molecule has 2 aromatic rings. The fraction of sp³-hybridized carbons (Fsp3) is 0.333. The Morgan fingerprint density at radius 3 is 2.68 bits per heavy atom. The zero-order valence-corrected chi connectivity index (χ0v) is 18.1. The molecule has 1 saturated heterocycles. The van der Waals surface area contributed by atoms with Gasteiger partial charge in [-0.05, 0) is 42.2 Å². The van der Waals surface area contributed by atoms with Crippen LogP contribution in [0.4, 0.5) is 5.69 Å². The van der Waals surface area contributed by atoms with Crippen LogP contribution in [0.25, 0.3) is 0 Å². The van der Waals surface area contributed by atoms with Gasteiger partial charge in [0.05, 0.1) is 0 Å². The largest absolute Gasteiger partial charge is 0.483 e. The molecule has 1 aliphatic carbocycles. The summed E-state index contributed by atoms with van der Waals surface area (Å²) in [5, 5.41) is 14.8. The molecule has 2 aromatic carbocycles.